The lowest BCUT2D eigenvalue weighted by molar-refractivity contribution is -0.669. The molecule has 6 rings (SSSR count). The number of rotatable bonds is 10. The Labute approximate surface area is 245 Å². The van der Waals surface area contributed by atoms with Crippen LogP contribution in [0.2, 0.25) is 0 Å². The maximum Gasteiger partial charge on any atom is 0.262 e. The molecule has 0 fully saturated rings. The van der Waals surface area contributed by atoms with Crippen LogP contribution in [0, 0.1) is 0 Å². The number of thiazole rings is 1. The van der Waals surface area contributed by atoms with Gasteiger partial charge < -0.3 is 4.90 Å². The van der Waals surface area contributed by atoms with Crippen molar-refractivity contribution in [3.63, 3.8) is 0 Å². The molecule has 1 aliphatic rings. The van der Waals surface area contributed by atoms with Gasteiger partial charge in [-0.05, 0) is 48.2 Å². The van der Waals surface area contributed by atoms with Gasteiger partial charge in [-0.15, -0.1) is 0 Å². The van der Waals surface area contributed by atoms with Gasteiger partial charge in [0.25, 0.3) is 5.01 Å². The number of hydrogen-bond acceptors (Lipinski definition) is 3. The van der Waals surface area contributed by atoms with E-state index in [-0.39, 0.29) is 0 Å². The molecule has 0 aliphatic carbocycles. The Morgan fingerprint density at radius 3 is 2.20 bits per heavy atom. The number of hydrogen-bond donors (Lipinski definition) is 0. The van der Waals surface area contributed by atoms with E-state index in [0.717, 1.165) is 32.4 Å². The van der Waals surface area contributed by atoms with E-state index < -0.39 is 0 Å². The van der Waals surface area contributed by atoms with Gasteiger partial charge in [0.05, 0.1) is 10.7 Å². The fourth-order valence-corrected chi connectivity index (χ4v) is 7.33. The van der Waals surface area contributed by atoms with Crippen molar-refractivity contribution in [2.45, 2.75) is 30.7 Å². The van der Waals surface area contributed by atoms with Crippen molar-refractivity contribution in [3.05, 3.63) is 155 Å². The van der Waals surface area contributed by atoms with Crippen LogP contribution in [0.4, 0.5) is 5.69 Å². The van der Waals surface area contributed by atoms with Crippen molar-refractivity contribution in [1.29, 1.82) is 0 Å². The van der Waals surface area contributed by atoms with Crippen molar-refractivity contribution in [3.8, 4) is 0 Å². The summed E-state index contributed by atoms with van der Waals surface area (Å²) in [6, 6.07) is 39.0. The highest BCUT2D eigenvalue weighted by atomic mass is 32.2. The van der Waals surface area contributed by atoms with Gasteiger partial charge in [-0.2, -0.15) is 4.57 Å². The molecule has 0 radical (unpaired) electrons. The van der Waals surface area contributed by atoms with Crippen LogP contribution in [0.1, 0.15) is 22.6 Å². The minimum Gasteiger partial charge on any atom is -0.335 e. The lowest BCUT2D eigenvalue weighted by Gasteiger charge is -2.20. The number of aromatic nitrogens is 1. The summed E-state index contributed by atoms with van der Waals surface area (Å²) in [5.41, 5.74) is 5.40. The zero-order valence-electron chi connectivity index (χ0n) is 22.5. The Balaban J connectivity index is 1.16. The third-order valence-electron chi connectivity index (χ3n) is 7.13. The van der Waals surface area contributed by atoms with Crippen LogP contribution in [0.15, 0.2) is 143 Å². The minimum atomic E-state index is 0.967. The molecular formula is C36H33N2S2+. The molecule has 0 amide bonds. The molecule has 0 N–H and O–H groups in total. The lowest BCUT2D eigenvalue weighted by atomic mass is 10.1. The number of anilines is 1. The van der Waals surface area contributed by atoms with Gasteiger partial charge in [0.1, 0.15) is 4.70 Å². The van der Waals surface area contributed by atoms with Crippen molar-refractivity contribution in [1.82, 2.24) is 0 Å². The van der Waals surface area contributed by atoms with Gasteiger partial charge in [-0.3, -0.25) is 0 Å². The normalized spacial score (nSPS) is 14.2. The molecule has 0 spiro atoms. The molecule has 1 aliphatic heterocycles. The Hall–Kier alpha value is -3.86. The van der Waals surface area contributed by atoms with Gasteiger partial charge >= 0.3 is 0 Å². The SMILES string of the molecule is C(/C=C/C=C/c1sc2ccccc2[n+]1CCCc1ccccc1)=C1/Sc2ccccc2N1CCc1ccccc1. The molecule has 0 saturated heterocycles. The number of nitrogens with zero attached hydrogens (tertiary/aromatic N) is 2. The van der Waals surface area contributed by atoms with E-state index in [0.29, 0.717) is 0 Å². The maximum absolute atomic E-state index is 2.47. The zero-order chi connectivity index (χ0) is 27.0. The fourth-order valence-electron chi connectivity index (χ4n) is 5.13. The molecule has 0 atom stereocenters. The third kappa shape index (κ3) is 6.30. The second-order valence-corrected chi connectivity index (χ2v) is 12.0. The van der Waals surface area contributed by atoms with Crippen LogP contribution in [-0.4, -0.2) is 6.54 Å². The average Bonchev–Trinajstić information content (AvgIpc) is 3.54. The van der Waals surface area contributed by atoms with Crippen LogP contribution in [0.5, 0.6) is 0 Å². The first kappa shape index (κ1) is 26.4. The van der Waals surface area contributed by atoms with Crippen LogP contribution < -0.4 is 9.47 Å². The number of para-hydroxylation sites is 2. The first-order valence-corrected chi connectivity index (χ1v) is 15.6. The fraction of sp³-hybridized carbons (Fsp3) is 0.139. The number of thioether (sulfide) groups is 1. The Morgan fingerprint density at radius 2 is 1.38 bits per heavy atom. The van der Waals surface area contributed by atoms with E-state index >= 15 is 0 Å². The van der Waals surface area contributed by atoms with E-state index in [1.807, 2.05) is 23.1 Å². The number of aryl methyl sites for hydroxylation is 2. The summed E-state index contributed by atoms with van der Waals surface area (Å²) in [4.78, 5) is 3.78. The maximum atomic E-state index is 2.47. The first-order chi connectivity index (χ1) is 19.8. The molecule has 4 aromatic carbocycles. The second kappa shape index (κ2) is 13.0. The predicted molar refractivity (Wildman–Crippen MR) is 173 cm³/mol. The number of benzene rings is 4. The highest BCUT2D eigenvalue weighted by molar-refractivity contribution is 8.03. The van der Waals surface area contributed by atoms with Crippen molar-refractivity contribution >= 4 is 45.1 Å². The summed E-state index contributed by atoms with van der Waals surface area (Å²) < 4.78 is 3.81. The minimum absolute atomic E-state index is 0.967. The van der Waals surface area contributed by atoms with Crippen LogP contribution in [0.3, 0.4) is 0 Å². The van der Waals surface area contributed by atoms with Gasteiger partial charge in [-0.25, -0.2) is 0 Å². The largest absolute Gasteiger partial charge is 0.335 e. The Bertz CT molecular complexity index is 1650. The average molecular weight is 558 g/mol. The molecular weight excluding hydrogens is 525 g/mol. The van der Waals surface area contributed by atoms with E-state index in [2.05, 4.69) is 149 Å². The highest BCUT2D eigenvalue weighted by Crippen LogP contribution is 2.45. The second-order valence-electron chi connectivity index (χ2n) is 9.85. The van der Waals surface area contributed by atoms with Crippen molar-refractivity contribution in [2.75, 3.05) is 11.4 Å². The number of allylic oxidation sites excluding steroid dienone is 4. The smallest absolute Gasteiger partial charge is 0.262 e. The third-order valence-corrected chi connectivity index (χ3v) is 9.39. The molecule has 1 aromatic heterocycles. The lowest BCUT2D eigenvalue weighted by Crippen LogP contribution is -2.35. The van der Waals surface area contributed by atoms with Gasteiger partial charge in [0, 0.05) is 30.0 Å². The van der Waals surface area contributed by atoms with Gasteiger partial charge in [0.2, 0.25) is 5.52 Å². The topological polar surface area (TPSA) is 7.12 Å². The van der Waals surface area contributed by atoms with Gasteiger partial charge in [0.15, 0.2) is 6.54 Å². The van der Waals surface area contributed by atoms with E-state index in [1.54, 1.807) is 0 Å². The van der Waals surface area contributed by atoms with E-state index in [4.69, 9.17) is 0 Å². The van der Waals surface area contributed by atoms with E-state index in [1.165, 1.54) is 42.0 Å². The van der Waals surface area contributed by atoms with Crippen molar-refractivity contribution < 1.29 is 4.57 Å². The summed E-state index contributed by atoms with van der Waals surface area (Å²) in [6.07, 6.45) is 14.2. The quantitative estimate of drug-likeness (QED) is 0.125. The molecule has 4 heteroatoms. The number of fused-ring (bicyclic) bond motifs is 2. The summed E-state index contributed by atoms with van der Waals surface area (Å²) in [5, 5.41) is 2.57. The molecule has 40 heavy (non-hydrogen) atoms. The summed E-state index contributed by atoms with van der Waals surface area (Å²) in [7, 11) is 0. The monoisotopic (exact) mass is 557 g/mol. The molecule has 0 bridgehead atoms. The predicted octanol–water partition coefficient (Wildman–Crippen LogP) is 9.09. The molecule has 0 unspecified atom stereocenters. The Kier molecular flexibility index (Phi) is 8.57. The van der Waals surface area contributed by atoms with Crippen LogP contribution in [-0.2, 0) is 19.4 Å². The highest BCUT2D eigenvalue weighted by Gasteiger charge is 2.24. The Morgan fingerprint density at radius 1 is 0.675 bits per heavy atom. The summed E-state index contributed by atoms with van der Waals surface area (Å²) in [5.74, 6) is 0. The van der Waals surface area contributed by atoms with E-state index in [9.17, 15) is 0 Å². The van der Waals surface area contributed by atoms with Crippen LogP contribution >= 0.6 is 23.1 Å². The molecule has 2 heterocycles. The molecule has 0 saturated carbocycles. The molecule has 198 valence electrons. The summed E-state index contributed by atoms with van der Waals surface area (Å²) in [6.45, 7) is 1.98. The summed E-state index contributed by atoms with van der Waals surface area (Å²) >= 11 is 3.72. The standard InChI is InChI=1S/C36H33N2S2/c1-4-15-29(16-5-1)19-14-27-37-31-20-10-12-22-33(31)39-35(37)24-8-3-9-25-36-38(28-26-30-17-6-2-7-18-30)32-21-11-13-23-34(32)40-36/h1-13,15-18,20-25H,14,19,26-28H2/q+1. The van der Waals surface area contributed by atoms with Crippen LogP contribution in [0.25, 0.3) is 16.3 Å². The zero-order valence-corrected chi connectivity index (χ0v) is 24.2. The molecule has 5 aromatic rings. The molecule has 2 nitrogen and oxygen atoms in total. The van der Waals surface area contributed by atoms with Crippen molar-refractivity contribution in [2.24, 2.45) is 0 Å². The first-order valence-electron chi connectivity index (χ1n) is 13.9. The van der Waals surface area contributed by atoms with Gasteiger partial charge in [-0.1, -0.05) is 126 Å².